The molecule has 2 aromatic carbocycles. The zero-order valence-corrected chi connectivity index (χ0v) is 15.5. The highest BCUT2D eigenvalue weighted by atomic mass is 16.6. The smallest absolute Gasteiger partial charge is 0.338 e. The molecule has 0 heterocycles. The lowest BCUT2D eigenvalue weighted by molar-refractivity contribution is -0.385. The van der Waals surface area contributed by atoms with Gasteiger partial charge in [0, 0.05) is 12.6 Å². The van der Waals surface area contributed by atoms with Crippen molar-refractivity contribution in [2.45, 2.75) is 13.5 Å². The number of nitro benzene ring substituents is 1. The number of nitrogens with zero attached hydrogens (tertiary/aromatic N) is 1. The summed E-state index contributed by atoms with van der Waals surface area (Å²) in [6, 6.07) is 10.9. The number of ether oxygens (including phenoxy) is 3. The number of carbonyl (C=O) groups excluding carboxylic acids is 2. The molecule has 0 fully saturated rings. The molecular formula is C19H20N2O7. The number of rotatable bonds is 9. The van der Waals surface area contributed by atoms with Gasteiger partial charge >= 0.3 is 11.7 Å². The molecule has 0 aliphatic rings. The highest BCUT2D eigenvalue weighted by molar-refractivity contribution is 5.92. The molecule has 0 aliphatic heterocycles. The van der Waals surface area contributed by atoms with Crippen LogP contribution in [0.25, 0.3) is 0 Å². The third kappa shape index (κ3) is 5.70. The number of benzene rings is 2. The van der Waals surface area contributed by atoms with Crippen LogP contribution in [0.1, 0.15) is 22.8 Å². The Morgan fingerprint density at radius 1 is 1.18 bits per heavy atom. The van der Waals surface area contributed by atoms with E-state index in [1.807, 2.05) is 6.07 Å². The molecule has 0 bridgehead atoms. The molecule has 0 radical (unpaired) electrons. The SMILES string of the molecule is CCOc1ccc(C(=O)OCC(=O)NCc2cccc(OC)c2)cc1[N+](=O)[O-]. The van der Waals surface area contributed by atoms with Crippen molar-refractivity contribution >= 4 is 17.6 Å². The largest absolute Gasteiger partial charge is 0.497 e. The number of carbonyl (C=O) groups is 2. The van der Waals surface area contributed by atoms with Crippen LogP contribution in [-0.4, -0.2) is 37.1 Å². The zero-order valence-electron chi connectivity index (χ0n) is 15.5. The average Bonchev–Trinajstić information content (AvgIpc) is 2.71. The van der Waals surface area contributed by atoms with Crippen molar-refractivity contribution in [2.24, 2.45) is 0 Å². The van der Waals surface area contributed by atoms with E-state index in [1.54, 1.807) is 32.2 Å². The van der Waals surface area contributed by atoms with Crippen molar-refractivity contribution in [2.75, 3.05) is 20.3 Å². The van der Waals surface area contributed by atoms with Gasteiger partial charge in [-0.1, -0.05) is 12.1 Å². The van der Waals surface area contributed by atoms with Crippen LogP contribution in [-0.2, 0) is 16.1 Å². The molecule has 0 aromatic heterocycles. The Morgan fingerprint density at radius 3 is 2.64 bits per heavy atom. The summed E-state index contributed by atoms with van der Waals surface area (Å²) in [4.78, 5) is 34.4. The van der Waals surface area contributed by atoms with E-state index in [-0.39, 0.29) is 30.2 Å². The number of methoxy groups -OCH3 is 1. The molecule has 9 heteroatoms. The minimum Gasteiger partial charge on any atom is -0.497 e. The molecule has 0 atom stereocenters. The van der Waals surface area contributed by atoms with Crippen LogP contribution in [0.15, 0.2) is 42.5 Å². The second kappa shape index (κ2) is 9.91. The van der Waals surface area contributed by atoms with Crippen molar-refractivity contribution in [1.82, 2.24) is 5.32 Å². The minimum atomic E-state index is -0.845. The number of hydrogen-bond acceptors (Lipinski definition) is 7. The van der Waals surface area contributed by atoms with Crippen LogP contribution < -0.4 is 14.8 Å². The summed E-state index contributed by atoms with van der Waals surface area (Å²) in [5.74, 6) is -0.630. The molecule has 28 heavy (non-hydrogen) atoms. The van der Waals surface area contributed by atoms with E-state index in [2.05, 4.69) is 5.32 Å². The van der Waals surface area contributed by atoms with Crippen LogP contribution in [0.3, 0.4) is 0 Å². The summed E-state index contributed by atoms with van der Waals surface area (Å²) in [6.07, 6.45) is 0. The maximum Gasteiger partial charge on any atom is 0.338 e. The van der Waals surface area contributed by atoms with E-state index < -0.39 is 23.4 Å². The lowest BCUT2D eigenvalue weighted by atomic mass is 10.2. The van der Waals surface area contributed by atoms with Gasteiger partial charge in [-0.15, -0.1) is 0 Å². The summed E-state index contributed by atoms with van der Waals surface area (Å²) in [6.45, 7) is 1.67. The third-order valence-electron chi connectivity index (χ3n) is 3.65. The summed E-state index contributed by atoms with van der Waals surface area (Å²) in [5, 5.41) is 13.7. The van der Waals surface area contributed by atoms with E-state index in [4.69, 9.17) is 14.2 Å². The van der Waals surface area contributed by atoms with Gasteiger partial charge in [-0.25, -0.2) is 4.79 Å². The molecule has 2 aromatic rings. The second-order valence-corrected chi connectivity index (χ2v) is 5.58. The first-order valence-electron chi connectivity index (χ1n) is 8.42. The molecular weight excluding hydrogens is 368 g/mol. The molecule has 1 amide bonds. The van der Waals surface area contributed by atoms with Crippen molar-refractivity contribution in [1.29, 1.82) is 0 Å². The van der Waals surface area contributed by atoms with Gasteiger partial charge in [0.05, 0.1) is 24.2 Å². The van der Waals surface area contributed by atoms with E-state index in [0.717, 1.165) is 11.6 Å². The normalized spacial score (nSPS) is 10.1. The van der Waals surface area contributed by atoms with Crippen LogP contribution >= 0.6 is 0 Å². The fourth-order valence-electron chi connectivity index (χ4n) is 2.31. The highest BCUT2D eigenvalue weighted by Crippen LogP contribution is 2.28. The van der Waals surface area contributed by atoms with Gasteiger partial charge in [-0.2, -0.15) is 0 Å². The molecule has 0 aliphatic carbocycles. The quantitative estimate of drug-likeness (QED) is 0.398. The van der Waals surface area contributed by atoms with E-state index in [9.17, 15) is 19.7 Å². The first-order valence-corrected chi connectivity index (χ1v) is 8.42. The standard InChI is InChI=1S/C19H20N2O7/c1-3-27-17-8-7-14(10-16(17)21(24)25)19(23)28-12-18(22)20-11-13-5-4-6-15(9-13)26-2/h4-10H,3,11-12H2,1-2H3,(H,20,22). The Bertz CT molecular complexity index is 867. The first-order chi connectivity index (χ1) is 13.4. The minimum absolute atomic E-state index is 0.0456. The average molecular weight is 388 g/mol. The monoisotopic (exact) mass is 388 g/mol. The predicted molar refractivity (Wildman–Crippen MR) is 99.4 cm³/mol. The van der Waals surface area contributed by atoms with Gasteiger partial charge in [-0.3, -0.25) is 14.9 Å². The van der Waals surface area contributed by atoms with Gasteiger partial charge in [0.1, 0.15) is 5.75 Å². The summed E-state index contributed by atoms with van der Waals surface area (Å²) >= 11 is 0. The van der Waals surface area contributed by atoms with Gasteiger partial charge in [0.2, 0.25) is 0 Å². The Morgan fingerprint density at radius 2 is 1.96 bits per heavy atom. The molecule has 9 nitrogen and oxygen atoms in total. The molecule has 1 N–H and O–H groups in total. The van der Waals surface area contributed by atoms with E-state index in [1.165, 1.54) is 12.1 Å². The summed E-state index contributed by atoms with van der Waals surface area (Å²) in [5.41, 5.74) is 0.427. The van der Waals surface area contributed by atoms with E-state index in [0.29, 0.717) is 5.75 Å². The summed E-state index contributed by atoms with van der Waals surface area (Å²) < 4.78 is 15.2. The Balaban J connectivity index is 1.91. The number of hydrogen-bond donors (Lipinski definition) is 1. The zero-order chi connectivity index (χ0) is 20.5. The maximum absolute atomic E-state index is 12.1. The van der Waals surface area contributed by atoms with Crippen molar-refractivity contribution in [3.63, 3.8) is 0 Å². The summed E-state index contributed by atoms with van der Waals surface area (Å²) in [7, 11) is 1.54. The number of amides is 1. The molecule has 0 saturated heterocycles. The van der Waals surface area contributed by atoms with Gasteiger partial charge in [0.15, 0.2) is 12.4 Å². The lowest BCUT2D eigenvalue weighted by Crippen LogP contribution is -2.28. The second-order valence-electron chi connectivity index (χ2n) is 5.58. The molecule has 2 rings (SSSR count). The van der Waals surface area contributed by atoms with Crippen LogP contribution in [0, 0.1) is 10.1 Å². The van der Waals surface area contributed by atoms with Gasteiger partial charge in [-0.05, 0) is 36.8 Å². The topological polar surface area (TPSA) is 117 Å². The fraction of sp³-hybridized carbons (Fsp3) is 0.263. The van der Waals surface area contributed by atoms with Crippen LogP contribution in [0.2, 0.25) is 0 Å². The predicted octanol–water partition coefficient (Wildman–Crippen LogP) is 2.48. The Kier molecular flexibility index (Phi) is 7.32. The van der Waals surface area contributed by atoms with Crippen molar-refractivity contribution in [3.8, 4) is 11.5 Å². The highest BCUT2D eigenvalue weighted by Gasteiger charge is 2.20. The molecule has 0 unspecified atom stereocenters. The maximum atomic E-state index is 12.1. The van der Waals surface area contributed by atoms with Crippen molar-refractivity contribution in [3.05, 3.63) is 63.7 Å². The number of nitrogens with one attached hydrogen (secondary N) is 1. The molecule has 0 saturated carbocycles. The lowest BCUT2D eigenvalue weighted by Gasteiger charge is -2.09. The molecule has 0 spiro atoms. The first kappa shape index (κ1) is 20.7. The Labute approximate surface area is 161 Å². The van der Waals surface area contributed by atoms with Crippen LogP contribution in [0.4, 0.5) is 5.69 Å². The number of esters is 1. The van der Waals surface area contributed by atoms with Gasteiger partial charge < -0.3 is 19.5 Å². The molecule has 148 valence electrons. The van der Waals surface area contributed by atoms with Crippen LogP contribution in [0.5, 0.6) is 11.5 Å². The van der Waals surface area contributed by atoms with Crippen molar-refractivity contribution < 1.29 is 28.7 Å². The number of nitro groups is 1. The Hall–Kier alpha value is -3.62. The fourth-order valence-corrected chi connectivity index (χ4v) is 2.31. The van der Waals surface area contributed by atoms with E-state index >= 15 is 0 Å². The van der Waals surface area contributed by atoms with Gasteiger partial charge in [0.25, 0.3) is 5.91 Å². The third-order valence-corrected chi connectivity index (χ3v) is 3.65.